The van der Waals surface area contributed by atoms with E-state index in [1.165, 1.54) is 6.42 Å². The van der Waals surface area contributed by atoms with Gasteiger partial charge in [0.15, 0.2) is 0 Å². The van der Waals surface area contributed by atoms with Crippen molar-refractivity contribution in [1.29, 1.82) is 0 Å². The highest BCUT2D eigenvalue weighted by Gasteiger charge is 2.00. The van der Waals surface area contributed by atoms with Gasteiger partial charge in [0.2, 0.25) is 0 Å². The zero-order valence-electron chi connectivity index (χ0n) is 12.0. The van der Waals surface area contributed by atoms with Crippen molar-refractivity contribution in [2.24, 2.45) is 0 Å². The maximum absolute atomic E-state index is 11.0. The third-order valence-electron chi connectivity index (χ3n) is 2.54. The lowest BCUT2D eigenvalue weighted by Crippen LogP contribution is -2.04. The fourth-order valence-electron chi connectivity index (χ4n) is 1.56. The van der Waals surface area contributed by atoms with Gasteiger partial charge in [0.1, 0.15) is 0 Å². The second kappa shape index (κ2) is 14.2. The Balaban J connectivity index is 3.07. The number of hydrogen-bond donors (Lipinski definition) is 0. The molecule has 0 unspecified atom stereocenters. The predicted molar refractivity (Wildman–Crippen MR) is 74.6 cm³/mol. The molecular weight excluding hydrogens is 228 g/mol. The van der Waals surface area contributed by atoms with Crippen molar-refractivity contribution in [3.05, 3.63) is 12.2 Å². The average molecular weight is 256 g/mol. The van der Waals surface area contributed by atoms with Crippen LogP contribution in [0.5, 0.6) is 0 Å². The molecule has 3 nitrogen and oxygen atoms in total. The van der Waals surface area contributed by atoms with Crippen LogP contribution in [0.25, 0.3) is 0 Å². The largest absolute Gasteiger partial charge is 0.466 e. The van der Waals surface area contributed by atoms with Crippen LogP contribution in [-0.2, 0) is 14.3 Å². The quantitative estimate of drug-likeness (QED) is 0.302. The summed E-state index contributed by atoms with van der Waals surface area (Å²) in [5.74, 6) is -0.0970. The molecule has 0 aliphatic rings. The lowest BCUT2D eigenvalue weighted by molar-refractivity contribution is -0.143. The molecule has 0 saturated carbocycles. The van der Waals surface area contributed by atoms with Gasteiger partial charge in [-0.25, -0.2) is 0 Å². The summed E-state index contributed by atoms with van der Waals surface area (Å²) in [6.07, 6.45) is 11.3. The van der Waals surface area contributed by atoms with E-state index in [1.54, 1.807) is 0 Å². The van der Waals surface area contributed by atoms with Crippen LogP contribution < -0.4 is 0 Å². The fourth-order valence-corrected chi connectivity index (χ4v) is 1.56. The molecule has 0 aromatic carbocycles. The van der Waals surface area contributed by atoms with Gasteiger partial charge < -0.3 is 9.47 Å². The Morgan fingerprint density at radius 3 is 2.39 bits per heavy atom. The number of esters is 1. The van der Waals surface area contributed by atoms with Crippen LogP contribution in [0.1, 0.15) is 58.8 Å². The minimum Gasteiger partial charge on any atom is -0.466 e. The molecule has 0 heterocycles. The third-order valence-corrected chi connectivity index (χ3v) is 2.54. The number of carbonyl (C=O) groups excluding carboxylic acids is 1. The van der Waals surface area contributed by atoms with Gasteiger partial charge in [-0.15, -0.1) is 0 Å². The van der Waals surface area contributed by atoms with Gasteiger partial charge in [-0.2, -0.15) is 0 Å². The van der Waals surface area contributed by atoms with E-state index in [0.717, 1.165) is 45.3 Å². The Labute approximate surface area is 112 Å². The minimum atomic E-state index is -0.0970. The number of ether oxygens (including phenoxy) is 2. The van der Waals surface area contributed by atoms with E-state index >= 15 is 0 Å². The first-order valence-electron chi connectivity index (χ1n) is 7.19. The van der Waals surface area contributed by atoms with Crippen molar-refractivity contribution < 1.29 is 14.3 Å². The van der Waals surface area contributed by atoms with E-state index in [0.29, 0.717) is 13.0 Å². The summed E-state index contributed by atoms with van der Waals surface area (Å²) in [4.78, 5) is 11.0. The topological polar surface area (TPSA) is 35.5 Å². The molecule has 0 fully saturated rings. The molecule has 0 amide bonds. The second-order valence-electron chi connectivity index (χ2n) is 4.25. The highest BCUT2D eigenvalue weighted by Crippen LogP contribution is 2.01. The number of allylic oxidation sites excluding steroid dienone is 2. The number of rotatable bonds is 12. The molecular formula is C15H28O3. The normalized spacial score (nSPS) is 11.0. The van der Waals surface area contributed by atoms with Crippen LogP contribution in [0.15, 0.2) is 12.2 Å². The van der Waals surface area contributed by atoms with E-state index in [9.17, 15) is 4.79 Å². The molecule has 0 saturated heterocycles. The lowest BCUT2D eigenvalue weighted by Gasteiger charge is -2.04. The molecule has 0 spiro atoms. The molecule has 0 atom stereocenters. The van der Waals surface area contributed by atoms with Gasteiger partial charge in [-0.05, 0) is 45.4 Å². The van der Waals surface area contributed by atoms with Gasteiger partial charge in [0.05, 0.1) is 6.61 Å². The third kappa shape index (κ3) is 13.2. The Bertz CT molecular complexity index is 212. The van der Waals surface area contributed by atoms with Gasteiger partial charge in [-0.3, -0.25) is 4.79 Å². The predicted octanol–water partition coefficient (Wildman–Crippen LogP) is 3.87. The van der Waals surface area contributed by atoms with Crippen LogP contribution in [0.4, 0.5) is 0 Å². The first-order chi connectivity index (χ1) is 8.81. The standard InChI is InChI=1S/C15H28O3/c1-3-5-6-7-8-10-13-17-14-11-9-12-15(16)18-4-2/h5-6H,3-4,7-14H2,1-2H3/b6-5-. The lowest BCUT2D eigenvalue weighted by atomic mass is 10.2. The van der Waals surface area contributed by atoms with Crippen molar-refractivity contribution >= 4 is 5.97 Å². The number of hydrogen-bond acceptors (Lipinski definition) is 3. The molecule has 0 rings (SSSR count). The zero-order valence-corrected chi connectivity index (χ0v) is 12.0. The maximum Gasteiger partial charge on any atom is 0.305 e. The van der Waals surface area contributed by atoms with Crippen LogP contribution in [0.3, 0.4) is 0 Å². The van der Waals surface area contributed by atoms with E-state index in [1.807, 2.05) is 6.92 Å². The summed E-state index contributed by atoms with van der Waals surface area (Å²) < 4.78 is 10.4. The summed E-state index contributed by atoms with van der Waals surface area (Å²) in [6.45, 7) is 6.04. The number of carbonyl (C=O) groups is 1. The van der Waals surface area contributed by atoms with Crippen molar-refractivity contribution in [2.75, 3.05) is 19.8 Å². The van der Waals surface area contributed by atoms with E-state index in [2.05, 4.69) is 19.1 Å². The monoisotopic (exact) mass is 256 g/mol. The molecule has 3 heteroatoms. The SMILES string of the molecule is CC/C=C\CCCCOCCCCC(=O)OCC. The van der Waals surface area contributed by atoms with Gasteiger partial charge in [0.25, 0.3) is 0 Å². The van der Waals surface area contributed by atoms with Crippen molar-refractivity contribution in [1.82, 2.24) is 0 Å². The molecule has 18 heavy (non-hydrogen) atoms. The van der Waals surface area contributed by atoms with Crippen molar-refractivity contribution in [3.63, 3.8) is 0 Å². The molecule has 0 bridgehead atoms. The molecule has 0 aliphatic heterocycles. The van der Waals surface area contributed by atoms with E-state index < -0.39 is 0 Å². The van der Waals surface area contributed by atoms with Gasteiger partial charge >= 0.3 is 5.97 Å². The molecule has 106 valence electrons. The molecule has 0 aliphatic carbocycles. The first kappa shape index (κ1) is 17.2. The average Bonchev–Trinajstić information content (AvgIpc) is 2.36. The van der Waals surface area contributed by atoms with Crippen LogP contribution in [0, 0.1) is 0 Å². The van der Waals surface area contributed by atoms with Crippen LogP contribution in [0.2, 0.25) is 0 Å². The molecule has 0 radical (unpaired) electrons. The van der Waals surface area contributed by atoms with Crippen molar-refractivity contribution in [3.8, 4) is 0 Å². The number of unbranched alkanes of at least 4 members (excludes halogenated alkanes) is 3. The molecule has 0 N–H and O–H groups in total. The van der Waals surface area contributed by atoms with Crippen molar-refractivity contribution in [2.45, 2.75) is 58.8 Å². The van der Waals surface area contributed by atoms with Crippen LogP contribution >= 0.6 is 0 Å². The Morgan fingerprint density at radius 1 is 1.00 bits per heavy atom. The summed E-state index contributed by atoms with van der Waals surface area (Å²) >= 11 is 0. The fraction of sp³-hybridized carbons (Fsp3) is 0.800. The van der Waals surface area contributed by atoms with E-state index in [4.69, 9.17) is 9.47 Å². The highest BCUT2D eigenvalue weighted by atomic mass is 16.5. The smallest absolute Gasteiger partial charge is 0.305 e. The summed E-state index contributed by atoms with van der Waals surface area (Å²) in [6, 6.07) is 0. The van der Waals surface area contributed by atoms with Gasteiger partial charge in [-0.1, -0.05) is 19.1 Å². The maximum atomic E-state index is 11.0. The minimum absolute atomic E-state index is 0.0970. The molecule has 0 aromatic heterocycles. The molecule has 0 aromatic rings. The summed E-state index contributed by atoms with van der Waals surface area (Å²) in [5.41, 5.74) is 0. The highest BCUT2D eigenvalue weighted by molar-refractivity contribution is 5.69. The first-order valence-corrected chi connectivity index (χ1v) is 7.19. The van der Waals surface area contributed by atoms with Gasteiger partial charge in [0, 0.05) is 19.6 Å². The zero-order chi connectivity index (χ0) is 13.5. The summed E-state index contributed by atoms with van der Waals surface area (Å²) in [7, 11) is 0. The Kier molecular flexibility index (Phi) is 13.6. The second-order valence-corrected chi connectivity index (χ2v) is 4.25. The van der Waals surface area contributed by atoms with Crippen LogP contribution in [-0.4, -0.2) is 25.8 Å². The van der Waals surface area contributed by atoms with E-state index in [-0.39, 0.29) is 5.97 Å². The Hall–Kier alpha value is -0.830. The summed E-state index contributed by atoms with van der Waals surface area (Å²) in [5, 5.41) is 0. The Morgan fingerprint density at radius 2 is 1.72 bits per heavy atom.